The second-order valence-electron chi connectivity index (χ2n) is 12.3. The minimum Gasteiger partial charge on any atom is -0.357 e. The molecule has 0 spiro atoms. The van der Waals surface area contributed by atoms with Gasteiger partial charge in [-0.3, -0.25) is 0 Å². The number of fused-ring (bicyclic) bond motifs is 9. The van der Waals surface area contributed by atoms with Crippen LogP contribution in [-0.2, 0) is 6.42 Å². The highest BCUT2D eigenvalue weighted by Crippen LogP contribution is 2.42. The van der Waals surface area contributed by atoms with Crippen molar-refractivity contribution < 1.29 is 0 Å². The molecule has 3 heterocycles. The Hall–Kier alpha value is -5.80. The van der Waals surface area contributed by atoms with Gasteiger partial charge in [-0.2, -0.15) is 0 Å². The van der Waals surface area contributed by atoms with E-state index in [2.05, 4.69) is 148 Å². The Morgan fingerprint density at radius 1 is 0.422 bits per heavy atom. The van der Waals surface area contributed by atoms with Crippen molar-refractivity contribution in [2.45, 2.75) is 12.8 Å². The second-order valence-corrected chi connectivity index (χ2v) is 12.3. The van der Waals surface area contributed by atoms with E-state index in [9.17, 15) is 0 Å². The molecule has 1 aliphatic carbocycles. The number of H-pyrrole nitrogens is 3. The molecule has 0 bridgehead atoms. The number of aryl methyl sites for hydroxylation is 1. The number of nitrogens with one attached hydrogen (secondary N) is 3. The fraction of sp³-hybridized carbons (Fsp3) is 0.0476. The molecule has 6 aromatic carbocycles. The number of aromatic amines is 3. The smallest absolute Gasteiger partial charge is 0.0544 e. The maximum atomic E-state index is 3.83. The average molecular weight is 576 g/mol. The molecule has 3 nitrogen and oxygen atoms in total. The van der Waals surface area contributed by atoms with Crippen molar-refractivity contribution >= 4 is 60.6 Å². The lowest BCUT2D eigenvalue weighted by molar-refractivity contribution is 0.951. The first kappa shape index (κ1) is 24.6. The monoisotopic (exact) mass is 575 g/mol. The zero-order valence-corrected chi connectivity index (χ0v) is 24.6. The molecule has 1 aliphatic rings. The highest BCUT2D eigenvalue weighted by molar-refractivity contribution is 6.14. The first-order valence-electron chi connectivity index (χ1n) is 15.8. The summed E-state index contributed by atoms with van der Waals surface area (Å²) in [4.78, 5) is 11.3. The standard InChI is InChI=1S/C42H29N3/c1-4-19-37-31(10-1)34-16-7-13-28(40(34)43-37)25-22-26(29-14-8-17-35-32-11-2-5-20-38(32)44-41(29)35)24-27(23-25)30-15-9-18-36-33-12-3-6-21-39(33)45-42(30)36/h1-5,7-20,22-24,43-45H,6,21H2. The number of rotatable bonds is 3. The van der Waals surface area contributed by atoms with Crippen LogP contribution >= 0.6 is 0 Å². The molecular weight excluding hydrogens is 546 g/mol. The minimum atomic E-state index is 1.05. The van der Waals surface area contributed by atoms with Gasteiger partial charge in [0.15, 0.2) is 0 Å². The molecule has 45 heavy (non-hydrogen) atoms. The predicted molar refractivity (Wildman–Crippen MR) is 191 cm³/mol. The summed E-state index contributed by atoms with van der Waals surface area (Å²) < 4.78 is 0. The summed E-state index contributed by atoms with van der Waals surface area (Å²) in [6.07, 6.45) is 6.72. The molecule has 0 fully saturated rings. The van der Waals surface area contributed by atoms with Crippen LogP contribution in [0.15, 0.2) is 127 Å². The lowest BCUT2D eigenvalue weighted by atomic mass is 9.91. The molecule has 3 aromatic heterocycles. The first-order valence-corrected chi connectivity index (χ1v) is 15.8. The van der Waals surface area contributed by atoms with Crippen molar-refractivity contribution in [1.82, 2.24) is 15.0 Å². The van der Waals surface area contributed by atoms with Gasteiger partial charge in [0.1, 0.15) is 0 Å². The summed E-state index contributed by atoms with van der Waals surface area (Å²) in [5.41, 5.74) is 15.8. The Balaban J connectivity index is 1.28. The van der Waals surface area contributed by atoms with Gasteiger partial charge in [0.2, 0.25) is 0 Å². The molecule has 3 heteroatoms. The highest BCUT2D eigenvalue weighted by atomic mass is 14.7. The molecule has 0 saturated carbocycles. The molecule has 10 rings (SSSR count). The molecule has 0 atom stereocenters. The van der Waals surface area contributed by atoms with Crippen LogP contribution in [0.3, 0.4) is 0 Å². The van der Waals surface area contributed by atoms with Gasteiger partial charge >= 0.3 is 0 Å². The Kier molecular flexibility index (Phi) is 5.11. The first-order chi connectivity index (χ1) is 22.3. The molecule has 0 unspecified atom stereocenters. The van der Waals surface area contributed by atoms with Crippen molar-refractivity contribution in [2.24, 2.45) is 0 Å². The van der Waals surface area contributed by atoms with Crippen LogP contribution in [0.2, 0.25) is 0 Å². The summed E-state index contributed by atoms with van der Waals surface area (Å²) in [5.74, 6) is 0. The maximum absolute atomic E-state index is 3.83. The number of aromatic nitrogens is 3. The van der Waals surface area contributed by atoms with Gasteiger partial charge in [-0.25, -0.2) is 0 Å². The number of allylic oxidation sites excluding steroid dienone is 1. The molecule has 9 aromatic rings. The van der Waals surface area contributed by atoms with Gasteiger partial charge in [-0.15, -0.1) is 0 Å². The minimum absolute atomic E-state index is 1.05. The number of hydrogen-bond donors (Lipinski definition) is 3. The summed E-state index contributed by atoms with van der Waals surface area (Å²) in [7, 11) is 0. The number of para-hydroxylation sites is 5. The number of hydrogen-bond acceptors (Lipinski definition) is 0. The van der Waals surface area contributed by atoms with Crippen molar-refractivity contribution in [3.63, 3.8) is 0 Å². The van der Waals surface area contributed by atoms with Crippen LogP contribution in [-0.4, -0.2) is 15.0 Å². The zero-order chi connectivity index (χ0) is 29.5. The zero-order valence-electron chi connectivity index (χ0n) is 24.6. The van der Waals surface area contributed by atoms with Gasteiger partial charge in [0.25, 0.3) is 0 Å². The van der Waals surface area contributed by atoms with Crippen LogP contribution in [0.25, 0.3) is 94.0 Å². The van der Waals surface area contributed by atoms with E-state index >= 15 is 0 Å². The van der Waals surface area contributed by atoms with E-state index in [1.54, 1.807) is 0 Å². The van der Waals surface area contributed by atoms with E-state index in [0.717, 1.165) is 23.9 Å². The van der Waals surface area contributed by atoms with Crippen LogP contribution in [0.1, 0.15) is 17.7 Å². The molecule has 0 aliphatic heterocycles. The lowest BCUT2D eigenvalue weighted by Crippen LogP contribution is -1.90. The SMILES string of the molecule is C1=Cc2c([nH]c3c(-c4cc(-c5cccc6c5[nH]c5ccccc56)cc(-c5cccc6c5[nH]c5ccccc56)c4)cccc23)CC1. The Labute approximate surface area is 259 Å². The summed E-state index contributed by atoms with van der Waals surface area (Å²) >= 11 is 0. The largest absolute Gasteiger partial charge is 0.357 e. The fourth-order valence-electron chi connectivity index (χ4n) is 7.67. The van der Waals surface area contributed by atoms with Crippen molar-refractivity contribution in [1.29, 1.82) is 0 Å². The van der Waals surface area contributed by atoms with Gasteiger partial charge in [0.05, 0.1) is 16.6 Å². The topological polar surface area (TPSA) is 47.4 Å². The lowest BCUT2D eigenvalue weighted by Gasteiger charge is -2.13. The summed E-state index contributed by atoms with van der Waals surface area (Å²) in [6, 6.07) is 44.4. The predicted octanol–water partition coefficient (Wildman–Crippen LogP) is 11.4. The Bertz CT molecular complexity index is 2530. The van der Waals surface area contributed by atoms with Crippen molar-refractivity contribution in [3.05, 3.63) is 139 Å². The molecular formula is C42H29N3. The summed E-state index contributed by atoms with van der Waals surface area (Å²) in [6.45, 7) is 0. The molecule has 0 saturated heterocycles. The van der Waals surface area contributed by atoms with Gasteiger partial charge in [0, 0.05) is 65.9 Å². The van der Waals surface area contributed by atoms with Crippen molar-refractivity contribution in [2.75, 3.05) is 0 Å². The third kappa shape index (κ3) is 3.64. The van der Waals surface area contributed by atoms with E-state index in [1.165, 1.54) is 88.1 Å². The second kappa shape index (κ2) is 9.35. The third-order valence-corrected chi connectivity index (χ3v) is 9.75. The highest BCUT2D eigenvalue weighted by Gasteiger charge is 2.18. The van der Waals surface area contributed by atoms with Crippen molar-refractivity contribution in [3.8, 4) is 33.4 Å². The van der Waals surface area contributed by atoms with Gasteiger partial charge in [-0.05, 0) is 59.9 Å². The third-order valence-electron chi connectivity index (χ3n) is 9.75. The van der Waals surface area contributed by atoms with E-state index < -0.39 is 0 Å². The molecule has 0 radical (unpaired) electrons. The van der Waals surface area contributed by atoms with E-state index in [0.29, 0.717) is 0 Å². The fourth-order valence-corrected chi connectivity index (χ4v) is 7.67. The quantitative estimate of drug-likeness (QED) is 0.188. The Morgan fingerprint density at radius 3 is 1.44 bits per heavy atom. The van der Waals surface area contributed by atoms with Crippen LogP contribution < -0.4 is 0 Å². The van der Waals surface area contributed by atoms with E-state index in [-0.39, 0.29) is 0 Å². The van der Waals surface area contributed by atoms with E-state index in [4.69, 9.17) is 0 Å². The number of benzene rings is 6. The van der Waals surface area contributed by atoms with Gasteiger partial charge < -0.3 is 15.0 Å². The van der Waals surface area contributed by atoms with Gasteiger partial charge in [-0.1, -0.05) is 103 Å². The normalized spacial score (nSPS) is 13.1. The van der Waals surface area contributed by atoms with Crippen LogP contribution in [0, 0.1) is 0 Å². The van der Waals surface area contributed by atoms with Crippen LogP contribution in [0.4, 0.5) is 0 Å². The molecule has 0 amide bonds. The average Bonchev–Trinajstić information content (AvgIpc) is 3.79. The maximum Gasteiger partial charge on any atom is 0.0544 e. The molecule has 212 valence electrons. The Morgan fingerprint density at radius 2 is 0.889 bits per heavy atom. The molecule has 3 N–H and O–H groups in total. The van der Waals surface area contributed by atoms with Crippen LogP contribution in [0.5, 0.6) is 0 Å². The summed E-state index contributed by atoms with van der Waals surface area (Å²) in [5, 5.41) is 6.30. The van der Waals surface area contributed by atoms with E-state index in [1.807, 2.05) is 0 Å².